The van der Waals surface area contributed by atoms with E-state index in [2.05, 4.69) is 16.8 Å². The number of fused-ring (bicyclic) bond motifs is 1. The summed E-state index contributed by atoms with van der Waals surface area (Å²) in [5.41, 5.74) is 2.51. The molecule has 30 heavy (non-hydrogen) atoms. The van der Waals surface area contributed by atoms with Crippen molar-refractivity contribution in [3.05, 3.63) is 76.6 Å². The van der Waals surface area contributed by atoms with Crippen molar-refractivity contribution in [3.8, 4) is 0 Å². The number of carbonyl (C=O) groups excluding carboxylic acids is 2. The van der Waals surface area contributed by atoms with Crippen molar-refractivity contribution in [2.45, 2.75) is 27.3 Å². The second kappa shape index (κ2) is 9.63. The molecule has 0 aliphatic rings. The summed E-state index contributed by atoms with van der Waals surface area (Å²) < 4.78 is 2.12. The van der Waals surface area contributed by atoms with Crippen molar-refractivity contribution in [1.29, 1.82) is 0 Å². The van der Waals surface area contributed by atoms with Gasteiger partial charge < -0.3 is 14.8 Å². The predicted molar refractivity (Wildman–Crippen MR) is 122 cm³/mol. The van der Waals surface area contributed by atoms with Crippen LogP contribution in [-0.2, 0) is 11.3 Å². The average molecular weight is 424 g/mol. The Morgan fingerprint density at radius 1 is 1.03 bits per heavy atom. The molecule has 5 nitrogen and oxygen atoms in total. The largest absolute Gasteiger partial charge is 0.347 e. The zero-order chi connectivity index (χ0) is 21.7. The Morgan fingerprint density at radius 2 is 1.70 bits per heavy atom. The van der Waals surface area contributed by atoms with Crippen LogP contribution in [0.2, 0.25) is 5.02 Å². The lowest BCUT2D eigenvalue weighted by Crippen LogP contribution is -2.38. The van der Waals surface area contributed by atoms with E-state index in [-0.39, 0.29) is 11.6 Å². The molecule has 0 atom stereocenters. The number of hydrogen-bond donors (Lipinski definition) is 1. The van der Waals surface area contributed by atoms with E-state index in [1.165, 1.54) is 0 Å². The van der Waals surface area contributed by atoms with Crippen LogP contribution in [0.25, 0.3) is 17.0 Å². The first-order valence-electron chi connectivity index (χ1n) is 10.1. The third-order valence-corrected chi connectivity index (χ3v) is 5.44. The molecule has 3 aromatic rings. The number of nitrogens with one attached hydrogen (secondary N) is 1. The highest BCUT2D eigenvalue weighted by Crippen LogP contribution is 2.24. The van der Waals surface area contributed by atoms with Crippen LogP contribution in [0.5, 0.6) is 0 Å². The molecule has 156 valence electrons. The summed E-state index contributed by atoms with van der Waals surface area (Å²) in [7, 11) is 0. The first-order valence-corrected chi connectivity index (χ1v) is 10.5. The fourth-order valence-corrected chi connectivity index (χ4v) is 3.70. The molecule has 0 spiro atoms. The molecule has 0 fully saturated rings. The summed E-state index contributed by atoms with van der Waals surface area (Å²) in [5, 5.41) is 4.17. The first-order chi connectivity index (χ1) is 14.5. The lowest BCUT2D eigenvalue weighted by molar-refractivity contribution is -0.127. The molecule has 0 saturated heterocycles. The fourth-order valence-electron chi connectivity index (χ4n) is 3.47. The normalized spacial score (nSPS) is 11.5. The molecule has 2 aromatic carbocycles. The quantitative estimate of drug-likeness (QED) is 0.546. The minimum absolute atomic E-state index is 0.225. The molecular formula is C24H26ClN3O2. The van der Waals surface area contributed by atoms with Gasteiger partial charge in [0, 0.05) is 42.3 Å². The maximum absolute atomic E-state index is 13.2. The van der Waals surface area contributed by atoms with E-state index in [1.807, 2.05) is 44.3 Å². The van der Waals surface area contributed by atoms with Crippen LogP contribution in [0.4, 0.5) is 0 Å². The third kappa shape index (κ3) is 4.41. The summed E-state index contributed by atoms with van der Waals surface area (Å²) >= 11 is 6.18. The predicted octanol–water partition coefficient (Wildman–Crippen LogP) is 4.95. The number of aromatic nitrogens is 1. The van der Waals surface area contributed by atoms with Crippen molar-refractivity contribution >= 4 is 40.4 Å². The van der Waals surface area contributed by atoms with Gasteiger partial charge in [0.15, 0.2) is 0 Å². The Bertz CT molecular complexity index is 1100. The van der Waals surface area contributed by atoms with Crippen molar-refractivity contribution in [1.82, 2.24) is 14.8 Å². The SMILES string of the molecule is CCN(CC)C(=O)/C(=C/c1cn(CC)c2ccccc12)NC(=O)c1ccccc1Cl. The lowest BCUT2D eigenvalue weighted by atomic mass is 10.1. The van der Waals surface area contributed by atoms with E-state index in [1.54, 1.807) is 35.2 Å². The molecule has 0 bridgehead atoms. The Morgan fingerprint density at radius 3 is 2.37 bits per heavy atom. The van der Waals surface area contributed by atoms with Gasteiger partial charge in [-0.15, -0.1) is 0 Å². The van der Waals surface area contributed by atoms with Gasteiger partial charge >= 0.3 is 0 Å². The number of hydrogen-bond acceptors (Lipinski definition) is 2. The molecule has 3 rings (SSSR count). The van der Waals surface area contributed by atoms with E-state index in [4.69, 9.17) is 11.6 Å². The Hall–Kier alpha value is -3.05. The van der Waals surface area contributed by atoms with Gasteiger partial charge in [0.1, 0.15) is 5.70 Å². The molecule has 1 aromatic heterocycles. The summed E-state index contributed by atoms with van der Waals surface area (Å²) in [6.07, 6.45) is 3.76. The average Bonchev–Trinajstić information content (AvgIpc) is 3.12. The van der Waals surface area contributed by atoms with Gasteiger partial charge in [-0.05, 0) is 45.0 Å². The monoisotopic (exact) mass is 423 g/mol. The summed E-state index contributed by atoms with van der Waals surface area (Å²) in [6.45, 7) is 7.80. The number of aryl methyl sites for hydroxylation is 1. The Balaban J connectivity index is 2.07. The molecule has 1 heterocycles. The number of carbonyl (C=O) groups is 2. The van der Waals surface area contributed by atoms with Crippen LogP contribution in [0.3, 0.4) is 0 Å². The van der Waals surface area contributed by atoms with E-state index in [0.717, 1.165) is 23.0 Å². The van der Waals surface area contributed by atoms with Gasteiger partial charge in [0.25, 0.3) is 11.8 Å². The minimum Gasteiger partial charge on any atom is -0.347 e. The third-order valence-electron chi connectivity index (χ3n) is 5.11. The molecule has 0 radical (unpaired) electrons. The summed E-state index contributed by atoms with van der Waals surface area (Å²) in [4.78, 5) is 27.7. The molecule has 0 unspecified atom stereocenters. The van der Waals surface area contributed by atoms with Crippen molar-refractivity contribution < 1.29 is 9.59 Å². The van der Waals surface area contributed by atoms with Crippen molar-refractivity contribution in [2.24, 2.45) is 0 Å². The highest BCUT2D eigenvalue weighted by Gasteiger charge is 2.20. The zero-order valence-corrected chi connectivity index (χ0v) is 18.2. The van der Waals surface area contributed by atoms with Crippen molar-refractivity contribution in [2.75, 3.05) is 13.1 Å². The second-order valence-corrected chi connectivity index (χ2v) is 7.26. The minimum atomic E-state index is -0.411. The van der Waals surface area contributed by atoms with Crippen LogP contribution >= 0.6 is 11.6 Å². The highest BCUT2D eigenvalue weighted by molar-refractivity contribution is 6.34. The number of nitrogens with zero attached hydrogens (tertiary/aromatic N) is 2. The number of para-hydroxylation sites is 1. The Labute approximate surface area is 181 Å². The highest BCUT2D eigenvalue weighted by atomic mass is 35.5. The van der Waals surface area contributed by atoms with E-state index in [9.17, 15) is 9.59 Å². The van der Waals surface area contributed by atoms with Crippen LogP contribution in [0, 0.1) is 0 Å². The van der Waals surface area contributed by atoms with Gasteiger partial charge in [0.2, 0.25) is 0 Å². The number of benzene rings is 2. The van der Waals surface area contributed by atoms with Gasteiger partial charge in [-0.1, -0.05) is 41.9 Å². The zero-order valence-electron chi connectivity index (χ0n) is 17.5. The molecule has 0 aliphatic heterocycles. The molecule has 6 heteroatoms. The molecule has 0 aliphatic carbocycles. The van der Waals surface area contributed by atoms with E-state index >= 15 is 0 Å². The maximum Gasteiger partial charge on any atom is 0.270 e. The Kier molecular flexibility index (Phi) is 6.95. The molecule has 2 amide bonds. The topological polar surface area (TPSA) is 54.3 Å². The second-order valence-electron chi connectivity index (χ2n) is 6.86. The van der Waals surface area contributed by atoms with Crippen molar-refractivity contribution in [3.63, 3.8) is 0 Å². The van der Waals surface area contributed by atoms with E-state index in [0.29, 0.717) is 23.7 Å². The van der Waals surface area contributed by atoms with Gasteiger partial charge in [-0.3, -0.25) is 9.59 Å². The standard InChI is InChI=1S/C24H26ClN3O2/c1-4-27(5-2)24(30)21(26-23(29)19-12-7-9-13-20(19)25)15-17-16-28(6-3)22-14-10-8-11-18(17)22/h7-16H,4-6H2,1-3H3,(H,26,29)/b21-15-. The van der Waals surface area contributed by atoms with Gasteiger partial charge in [-0.25, -0.2) is 0 Å². The molecule has 0 saturated carbocycles. The lowest BCUT2D eigenvalue weighted by Gasteiger charge is -2.21. The number of likely N-dealkylation sites (N-methyl/N-ethyl adjacent to an activating group) is 1. The smallest absolute Gasteiger partial charge is 0.270 e. The van der Waals surface area contributed by atoms with Crippen LogP contribution < -0.4 is 5.32 Å². The number of rotatable bonds is 7. The molecular weight excluding hydrogens is 398 g/mol. The first kappa shape index (κ1) is 21.7. The van der Waals surface area contributed by atoms with Gasteiger partial charge in [0.05, 0.1) is 10.6 Å². The number of halogens is 1. The fraction of sp³-hybridized carbons (Fsp3) is 0.250. The van der Waals surface area contributed by atoms with Crippen LogP contribution in [-0.4, -0.2) is 34.4 Å². The summed E-state index contributed by atoms with van der Waals surface area (Å²) in [6, 6.07) is 14.8. The van der Waals surface area contributed by atoms with Crippen LogP contribution in [0.15, 0.2) is 60.4 Å². The van der Waals surface area contributed by atoms with Gasteiger partial charge in [-0.2, -0.15) is 0 Å². The van der Waals surface area contributed by atoms with E-state index < -0.39 is 5.91 Å². The van der Waals surface area contributed by atoms with Crippen LogP contribution in [0.1, 0.15) is 36.7 Å². The summed E-state index contributed by atoms with van der Waals surface area (Å²) in [5.74, 6) is -0.639. The molecule has 1 N–H and O–H groups in total. The number of amides is 2. The maximum atomic E-state index is 13.2.